The first-order chi connectivity index (χ1) is 17.3. The number of hydrogen-bond acceptors (Lipinski definition) is 10. The topological polar surface area (TPSA) is 267 Å². The first-order valence-electron chi connectivity index (χ1n) is 10.8. The Morgan fingerprint density at radius 3 is 1.46 bits per heavy atom. The second-order valence-electron chi connectivity index (χ2n) is 7.41. The maximum Gasteiger partial charge on any atom is 0.325 e. The number of carboxylic acid groups (broad SMARTS) is 1. The van der Waals surface area contributed by atoms with Gasteiger partial charge >= 0.3 is 5.97 Å². The molecule has 0 spiro atoms. The fourth-order valence-electron chi connectivity index (χ4n) is 2.19. The summed E-state index contributed by atoms with van der Waals surface area (Å²) in [5.74, 6) is -6.34. The van der Waals surface area contributed by atoms with E-state index in [0.717, 1.165) is 0 Å². The average Bonchev–Trinajstić information content (AvgIpc) is 2.85. The third kappa shape index (κ3) is 14.9. The highest BCUT2D eigenvalue weighted by molar-refractivity contribution is 7.80. The van der Waals surface area contributed by atoms with Gasteiger partial charge in [-0.25, -0.2) is 0 Å². The minimum Gasteiger partial charge on any atom is -0.480 e. The number of amides is 7. The second-order valence-corrected chi connectivity index (χ2v) is 7.78. The summed E-state index contributed by atoms with van der Waals surface area (Å²) in [6.07, 6.45) is 0. The molecule has 0 aromatic heterocycles. The molecule has 0 aromatic carbocycles. The molecule has 18 heteroatoms. The predicted octanol–water partition coefficient (Wildman–Crippen LogP) is -6.08. The predicted molar refractivity (Wildman–Crippen MR) is 130 cm³/mol. The van der Waals surface area contributed by atoms with Crippen LogP contribution in [0.25, 0.3) is 0 Å². The number of hydrogen-bond donors (Lipinski definition) is 10. The molecular formula is C19H32N8O9S. The molecule has 0 saturated heterocycles. The van der Waals surface area contributed by atoms with Crippen molar-refractivity contribution in [2.75, 3.05) is 38.5 Å². The molecule has 3 atom stereocenters. The quantitative estimate of drug-likeness (QED) is 0.0815. The monoisotopic (exact) mass is 548 g/mol. The van der Waals surface area contributed by atoms with Crippen LogP contribution < -0.4 is 43.0 Å². The number of nitrogens with two attached hydrogens (primary N) is 1. The second kappa shape index (κ2) is 17.5. The molecule has 0 fully saturated rings. The first kappa shape index (κ1) is 33.1. The van der Waals surface area contributed by atoms with E-state index >= 15 is 0 Å². The van der Waals surface area contributed by atoms with Gasteiger partial charge < -0.3 is 48.1 Å². The molecule has 10 N–H and O–H groups in total. The lowest BCUT2D eigenvalue weighted by Gasteiger charge is -2.20. The van der Waals surface area contributed by atoms with Crippen molar-refractivity contribution >= 4 is 59.9 Å². The van der Waals surface area contributed by atoms with Gasteiger partial charge in [0.15, 0.2) is 0 Å². The number of thiol groups is 1. The van der Waals surface area contributed by atoms with Crippen molar-refractivity contribution < 1.29 is 43.5 Å². The van der Waals surface area contributed by atoms with E-state index in [4.69, 9.17) is 10.8 Å². The van der Waals surface area contributed by atoms with E-state index in [9.17, 15) is 38.4 Å². The van der Waals surface area contributed by atoms with Gasteiger partial charge in [-0.1, -0.05) is 0 Å². The summed E-state index contributed by atoms with van der Waals surface area (Å²) in [7, 11) is 0. The highest BCUT2D eigenvalue weighted by Gasteiger charge is 2.25. The van der Waals surface area contributed by atoms with Crippen molar-refractivity contribution in [1.29, 1.82) is 0 Å². The molecule has 0 aliphatic carbocycles. The van der Waals surface area contributed by atoms with Crippen molar-refractivity contribution in [2.45, 2.75) is 32.0 Å². The Balaban J connectivity index is 4.36. The normalized spacial score (nSPS) is 12.5. The van der Waals surface area contributed by atoms with E-state index in [1.165, 1.54) is 13.8 Å². The number of nitrogens with one attached hydrogen (secondary N) is 7. The van der Waals surface area contributed by atoms with Gasteiger partial charge in [-0.05, 0) is 13.8 Å². The van der Waals surface area contributed by atoms with E-state index in [1.807, 2.05) is 0 Å². The summed E-state index contributed by atoms with van der Waals surface area (Å²) < 4.78 is 0. The lowest BCUT2D eigenvalue weighted by Crippen LogP contribution is -2.55. The Kier molecular flexibility index (Phi) is 15.6. The molecule has 37 heavy (non-hydrogen) atoms. The van der Waals surface area contributed by atoms with Crippen LogP contribution in [0.4, 0.5) is 0 Å². The maximum absolute atomic E-state index is 12.3. The lowest BCUT2D eigenvalue weighted by atomic mass is 10.2. The summed E-state index contributed by atoms with van der Waals surface area (Å²) in [5.41, 5.74) is 5.06. The van der Waals surface area contributed by atoms with Gasteiger partial charge in [0, 0.05) is 5.75 Å². The van der Waals surface area contributed by atoms with Gasteiger partial charge in [-0.15, -0.1) is 0 Å². The van der Waals surface area contributed by atoms with Crippen LogP contribution in [0, 0.1) is 0 Å². The molecular weight excluding hydrogens is 516 g/mol. The Morgan fingerprint density at radius 2 is 1.05 bits per heavy atom. The summed E-state index contributed by atoms with van der Waals surface area (Å²) in [5, 5.41) is 24.5. The summed E-state index contributed by atoms with van der Waals surface area (Å²) >= 11 is 3.97. The van der Waals surface area contributed by atoms with Crippen LogP contribution in [0.15, 0.2) is 0 Å². The number of rotatable bonds is 16. The van der Waals surface area contributed by atoms with Crippen LogP contribution in [-0.4, -0.2) is 109 Å². The highest BCUT2D eigenvalue weighted by Crippen LogP contribution is 1.93. The van der Waals surface area contributed by atoms with Crippen LogP contribution in [0.5, 0.6) is 0 Å². The maximum atomic E-state index is 12.3. The third-order valence-corrected chi connectivity index (χ3v) is 4.65. The van der Waals surface area contributed by atoms with Gasteiger partial charge in [-0.3, -0.25) is 38.4 Å². The smallest absolute Gasteiger partial charge is 0.325 e. The molecule has 0 aliphatic rings. The Hall–Kier alpha value is -3.93. The average molecular weight is 549 g/mol. The van der Waals surface area contributed by atoms with Crippen molar-refractivity contribution in [3.05, 3.63) is 0 Å². The van der Waals surface area contributed by atoms with Crippen LogP contribution in [-0.2, 0) is 38.4 Å². The zero-order chi connectivity index (χ0) is 28.5. The number of aliphatic carboxylic acids is 1. The van der Waals surface area contributed by atoms with Crippen molar-refractivity contribution in [3.63, 3.8) is 0 Å². The molecule has 17 nitrogen and oxygen atoms in total. The molecule has 0 heterocycles. The largest absolute Gasteiger partial charge is 0.480 e. The Bertz CT molecular complexity index is 886. The molecule has 0 aliphatic heterocycles. The number of carbonyl (C=O) groups is 8. The standard InChI is InChI=1S/C19H32N8O9S/c1-9(17(33)26-10(2)19(35)36)25-18(34)11(8-37)27-16(32)7-24-15(31)6-23-14(30)5-22-13(29)4-21-12(28)3-20/h9-11,37H,3-8,20H2,1-2H3,(H,21,28)(H,22,29)(H,23,30)(H,24,31)(H,25,34)(H,26,33)(H,27,32)(H,35,36)/t9-,10-,11-/m0/s1. The zero-order valence-electron chi connectivity index (χ0n) is 20.2. The molecule has 0 saturated carbocycles. The van der Waals surface area contributed by atoms with Gasteiger partial charge in [0.25, 0.3) is 0 Å². The van der Waals surface area contributed by atoms with E-state index in [-0.39, 0.29) is 18.8 Å². The third-order valence-electron chi connectivity index (χ3n) is 4.29. The molecule has 0 bridgehead atoms. The van der Waals surface area contributed by atoms with Crippen LogP contribution in [0.1, 0.15) is 13.8 Å². The van der Waals surface area contributed by atoms with Crippen molar-refractivity contribution in [3.8, 4) is 0 Å². The number of carbonyl (C=O) groups excluding carboxylic acids is 7. The van der Waals surface area contributed by atoms with Crippen LogP contribution in [0.3, 0.4) is 0 Å². The zero-order valence-corrected chi connectivity index (χ0v) is 21.1. The number of carboxylic acids is 1. The SMILES string of the molecule is C[C@H](NC(=O)[C@H](C)NC(=O)[C@H](CS)NC(=O)CNC(=O)CNC(=O)CNC(=O)CNC(=O)CN)C(=O)O. The summed E-state index contributed by atoms with van der Waals surface area (Å²) in [4.78, 5) is 93.0. The highest BCUT2D eigenvalue weighted by atomic mass is 32.1. The molecule has 0 rings (SSSR count). The van der Waals surface area contributed by atoms with Crippen LogP contribution in [0.2, 0.25) is 0 Å². The summed E-state index contributed by atoms with van der Waals surface area (Å²) in [6.45, 7) is 0.377. The van der Waals surface area contributed by atoms with E-state index in [0.29, 0.717) is 0 Å². The molecule has 208 valence electrons. The molecule has 0 unspecified atom stereocenters. The molecule has 0 aromatic rings. The Morgan fingerprint density at radius 1 is 0.649 bits per heavy atom. The molecule has 0 radical (unpaired) electrons. The van der Waals surface area contributed by atoms with Crippen molar-refractivity contribution in [1.82, 2.24) is 37.2 Å². The van der Waals surface area contributed by atoms with Gasteiger partial charge in [-0.2, -0.15) is 12.6 Å². The van der Waals surface area contributed by atoms with E-state index in [1.54, 1.807) is 0 Å². The van der Waals surface area contributed by atoms with Gasteiger partial charge in [0.1, 0.15) is 18.1 Å². The van der Waals surface area contributed by atoms with Gasteiger partial charge in [0.2, 0.25) is 41.4 Å². The van der Waals surface area contributed by atoms with Crippen molar-refractivity contribution in [2.24, 2.45) is 5.73 Å². The first-order valence-corrected chi connectivity index (χ1v) is 11.4. The lowest BCUT2D eigenvalue weighted by molar-refractivity contribution is -0.141. The minimum absolute atomic E-state index is 0.150. The van der Waals surface area contributed by atoms with E-state index < -0.39 is 85.1 Å². The Labute approximate surface area is 217 Å². The minimum atomic E-state index is -1.26. The van der Waals surface area contributed by atoms with E-state index in [2.05, 4.69) is 49.8 Å². The van der Waals surface area contributed by atoms with Gasteiger partial charge in [0.05, 0.1) is 32.7 Å². The van der Waals surface area contributed by atoms with Crippen LogP contribution >= 0.6 is 12.6 Å². The fraction of sp³-hybridized carbons (Fsp3) is 0.579. The summed E-state index contributed by atoms with van der Waals surface area (Å²) in [6, 6.07) is -3.45. The fourth-order valence-corrected chi connectivity index (χ4v) is 2.45. The molecule has 7 amide bonds.